The quantitative estimate of drug-likeness (QED) is 0.567. The molecule has 0 spiro atoms. The molecule has 1 aromatic heterocycles. The monoisotopic (exact) mass is 331 g/mol. The number of hydrogen-bond acceptors (Lipinski definition) is 7. The van der Waals surface area contributed by atoms with Crippen LogP contribution in [0.5, 0.6) is 11.5 Å². The summed E-state index contributed by atoms with van der Waals surface area (Å²) in [4.78, 5) is 14.9. The molecule has 0 aliphatic rings. The van der Waals surface area contributed by atoms with Gasteiger partial charge in [-0.15, -0.1) is 0 Å². The van der Waals surface area contributed by atoms with Gasteiger partial charge in [0.2, 0.25) is 0 Å². The SMILES string of the molecule is CCCOc1ccc(/C=N\Nc2nc(=O)[nH]nc2C)cc1OCC. The van der Waals surface area contributed by atoms with Crippen LogP contribution in [0.1, 0.15) is 31.5 Å². The fourth-order valence-electron chi connectivity index (χ4n) is 1.87. The molecule has 2 aromatic rings. The zero-order valence-electron chi connectivity index (χ0n) is 14.0. The van der Waals surface area contributed by atoms with Crippen molar-refractivity contribution in [3.63, 3.8) is 0 Å². The van der Waals surface area contributed by atoms with Crippen LogP contribution < -0.4 is 20.6 Å². The zero-order valence-corrected chi connectivity index (χ0v) is 14.0. The van der Waals surface area contributed by atoms with Gasteiger partial charge in [0, 0.05) is 0 Å². The normalized spacial score (nSPS) is 10.8. The molecular weight excluding hydrogens is 310 g/mol. The molecule has 128 valence electrons. The summed E-state index contributed by atoms with van der Waals surface area (Å²) in [5, 5.41) is 10.1. The maximum absolute atomic E-state index is 11.2. The fraction of sp³-hybridized carbons (Fsp3) is 0.375. The molecule has 0 saturated carbocycles. The molecule has 0 aliphatic carbocycles. The Morgan fingerprint density at radius 1 is 1.29 bits per heavy atom. The first-order valence-electron chi connectivity index (χ1n) is 7.76. The van der Waals surface area contributed by atoms with Crippen molar-refractivity contribution in [1.29, 1.82) is 0 Å². The van der Waals surface area contributed by atoms with Crippen molar-refractivity contribution in [2.24, 2.45) is 5.10 Å². The Bertz CT molecular complexity index is 758. The minimum Gasteiger partial charge on any atom is -0.490 e. The topological polar surface area (TPSA) is 101 Å². The van der Waals surface area contributed by atoms with E-state index in [0.717, 1.165) is 12.0 Å². The molecule has 24 heavy (non-hydrogen) atoms. The maximum Gasteiger partial charge on any atom is 0.363 e. The van der Waals surface area contributed by atoms with E-state index in [4.69, 9.17) is 9.47 Å². The van der Waals surface area contributed by atoms with E-state index in [1.165, 1.54) is 0 Å². The van der Waals surface area contributed by atoms with Crippen molar-refractivity contribution in [3.05, 3.63) is 39.9 Å². The number of rotatable bonds is 8. The summed E-state index contributed by atoms with van der Waals surface area (Å²) >= 11 is 0. The summed E-state index contributed by atoms with van der Waals surface area (Å²) in [6, 6.07) is 5.56. The van der Waals surface area contributed by atoms with Gasteiger partial charge in [-0.05, 0) is 44.0 Å². The zero-order chi connectivity index (χ0) is 17.4. The molecule has 1 heterocycles. The number of hydrazone groups is 1. The third-order valence-corrected chi connectivity index (χ3v) is 2.99. The van der Waals surface area contributed by atoms with Gasteiger partial charge in [0.05, 0.1) is 19.4 Å². The lowest BCUT2D eigenvalue weighted by Gasteiger charge is -2.11. The predicted molar refractivity (Wildman–Crippen MR) is 92.0 cm³/mol. The Morgan fingerprint density at radius 3 is 2.88 bits per heavy atom. The molecule has 0 radical (unpaired) electrons. The van der Waals surface area contributed by atoms with E-state index < -0.39 is 5.69 Å². The summed E-state index contributed by atoms with van der Waals surface area (Å²) in [6.07, 6.45) is 2.53. The second-order valence-electron chi connectivity index (χ2n) is 4.93. The average Bonchev–Trinajstić information content (AvgIpc) is 2.57. The van der Waals surface area contributed by atoms with Gasteiger partial charge in [0.1, 0.15) is 5.69 Å². The molecule has 0 amide bonds. The highest BCUT2D eigenvalue weighted by atomic mass is 16.5. The van der Waals surface area contributed by atoms with E-state index in [1.807, 2.05) is 32.0 Å². The summed E-state index contributed by atoms with van der Waals surface area (Å²) in [5.74, 6) is 1.69. The van der Waals surface area contributed by atoms with Crippen LogP contribution in [-0.2, 0) is 0 Å². The Kier molecular flexibility index (Phi) is 6.30. The number of benzene rings is 1. The van der Waals surface area contributed by atoms with E-state index in [0.29, 0.717) is 36.2 Å². The number of nitrogens with zero attached hydrogens (tertiary/aromatic N) is 3. The van der Waals surface area contributed by atoms with Crippen LogP contribution in [0.2, 0.25) is 0 Å². The molecule has 0 fully saturated rings. The Labute approximate surface area is 139 Å². The molecule has 2 N–H and O–H groups in total. The largest absolute Gasteiger partial charge is 0.490 e. The minimum atomic E-state index is -0.533. The molecule has 0 atom stereocenters. The lowest BCUT2D eigenvalue weighted by Crippen LogP contribution is -2.15. The third kappa shape index (κ3) is 4.80. The van der Waals surface area contributed by atoms with E-state index in [9.17, 15) is 4.79 Å². The standard InChI is InChI=1S/C16H21N5O3/c1-4-8-24-13-7-6-12(9-14(13)23-5-2)10-17-20-15-11(3)19-21-16(22)18-15/h6-7,9-10H,4-5,8H2,1-3H3,(H2,18,20,21,22)/b17-10-. The van der Waals surface area contributed by atoms with Crippen molar-refractivity contribution in [2.75, 3.05) is 18.6 Å². The first-order valence-corrected chi connectivity index (χ1v) is 7.76. The van der Waals surface area contributed by atoms with Gasteiger partial charge in [-0.1, -0.05) is 6.92 Å². The molecule has 8 heteroatoms. The van der Waals surface area contributed by atoms with Crippen LogP contribution in [0.3, 0.4) is 0 Å². The molecule has 0 unspecified atom stereocenters. The second-order valence-corrected chi connectivity index (χ2v) is 4.93. The summed E-state index contributed by atoms with van der Waals surface area (Å²) < 4.78 is 11.3. The van der Waals surface area contributed by atoms with Gasteiger partial charge < -0.3 is 9.47 Å². The second kappa shape index (κ2) is 8.66. The smallest absolute Gasteiger partial charge is 0.363 e. The molecule has 8 nitrogen and oxygen atoms in total. The number of ether oxygens (including phenoxy) is 2. The first kappa shape index (κ1) is 17.5. The van der Waals surface area contributed by atoms with Gasteiger partial charge in [0.15, 0.2) is 17.3 Å². The first-order chi connectivity index (χ1) is 11.6. The van der Waals surface area contributed by atoms with Crippen molar-refractivity contribution >= 4 is 12.0 Å². The number of anilines is 1. The predicted octanol–water partition coefficient (Wildman–Crippen LogP) is 2.11. The minimum absolute atomic E-state index is 0.308. The highest BCUT2D eigenvalue weighted by Crippen LogP contribution is 2.28. The summed E-state index contributed by atoms with van der Waals surface area (Å²) in [5.41, 5.74) is 3.54. The summed E-state index contributed by atoms with van der Waals surface area (Å²) in [6.45, 7) is 6.86. The van der Waals surface area contributed by atoms with Crippen LogP contribution in [0.15, 0.2) is 28.1 Å². The maximum atomic E-state index is 11.2. The molecule has 1 aromatic carbocycles. The van der Waals surface area contributed by atoms with Gasteiger partial charge >= 0.3 is 5.69 Å². The Balaban J connectivity index is 2.12. The van der Waals surface area contributed by atoms with E-state index in [-0.39, 0.29) is 0 Å². The van der Waals surface area contributed by atoms with E-state index in [2.05, 4.69) is 25.7 Å². The number of nitrogens with one attached hydrogen (secondary N) is 2. The number of aromatic nitrogens is 3. The molecule has 0 saturated heterocycles. The van der Waals surface area contributed by atoms with Crippen LogP contribution in [0, 0.1) is 6.92 Å². The Morgan fingerprint density at radius 2 is 2.12 bits per heavy atom. The lowest BCUT2D eigenvalue weighted by molar-refractivity contribution is 0.277. The van der Waals surface area contributed by atoms with Crippen LogP contribution in [0.4, 0.5) is 5.82 Å². The van der Waals surface area contributed by atoms with Crippen molar-refractivity contribution < 1.29 is 9.47 Å². The van der Waals surface area contributed by atoms with E-state index in [1.54, 1.807) is 13.1 Å². The number of aryl methyl sites for hydroxylation is 1. The van der Waals surface area contributed by atoms with Crippen LogP contribution in [-0.4, -0.2) is 34.6 Å². The third-order valence-electron chi connectivity index (χ3n) is 2.99. The molecule has 0 bridgehead atoms. The number of hydrogen-bond donors (Lipinski definition) is 2. The van der Waals surface area contributed by atoms with Crippen molar-refractivity contribution in [2.45, 2.75) is 27.2 Å². The van der Waals surface area contributed by atoms with E-state index >= 15 is 0 Å². The Hall–Kier alpha value is -2.90. The highest BCUT2D eigenvalue weighted by molar-refractivity contribution is 5.81. The molecular formula is C16H21N5O3. The van der Waals surface area contributed by atoms with Gasteiger partial charge in [0.25, 0.3) is 0 Å². The van der Waals surface area contributed by atoms with Crippen LogP contribution in [0.25, 0.3) is 0 Å². The highest BCUT2D eigenvalue weighted by Gasteiger charge is 2.06. The lowest BCUT2D eigenvalue weighted by atomic mass is 10.2. The van der Waals surface area contributed by atoms with Crippen LogP contribution >= 0.6 is 0 Å². The summed E-state index contributed by atoms with van der Waals surface area (Å²) in [7, 11) is 0. The fourth-order valence-corrected chi connectivity index (χ4v) is 1.87. The molecule has 2 rings (SSSR count). The van der Waals surface area contributed by atoms with Gasteiger partial charge in [-0.3, -0.25) is 5.43 Å². The van der Waals surface area contributed by atoms with Crippen molar-refractivity contribution in [1.82, 2.24) is 15.2 Å². The number of aromatic amines is 1. The number of H-pyrrole nitrogens is 1. The van der Waals surface area contributed by atoms with Gasteiger partial charge in [-0.25, -0.2) is 9.89 Å². The molecule has 0 aliphatic heterocycles. The van der Waals surface area contributed by atoms with Gasteiger partial charge in [-0.2, -0.15) is 15.2 Å². The average molecular weight is 331 g/mol. The van der Waals surface area contributed by atoms with Crippen molar-refractivity contribution in [3.8, 4) is 11.5 Å².